The van der Waals surface area contributed by atoms with Crippen molar-refractivity contribution < 1.29 is 28.5 Å². The summed E-state index contributed by atoms with van der Waals surface area (Å²) in [7, 11) is 1.58. The number of halogens is 1. The van der Waals surface area contributed by atoms with Crippen molar-refractivity contribution in [1.29, 1.82) is 0 Å². The van der Waals surface area contributed by atoms with Gasteiger partial charge in [-0.05, 0) is 36.4 Å². The number of hydrogen-bond donors (Lipinski definition) is 1. The maximum absolute atomic E-state index is 13.2. The number of β-amino-alcohol motifs (C(OH)–C–C–N with tert-alkyl or cyclic N) is 1. The molecule has 0 unspecified atom stereocenters. The largest absolute Gasteiger partial charge is 0.491 e. The lowest BCUT2D eigenvalue weighted by Crippen LogP contribution is -2.51. The number of carbonyl (C=O) groups excluding carboxylic acids is 1. The Balaban J connectivity index is 1.52. The van der Waals surface area contributed by atoms with Crippen LogP contribution >= 0.6 is 0 Å². The topological polar surface area (TPSA) is 71.5 Å². The Bertz CT molecular complexity index is 821. The fourth-order valence-corrected chi connectivity index (χ4v) is 3.61. The van der Waals surface area contributed by atoms with Gasteiger partial charge in [0.1, 0.15) is 24.3 Å². The summed E-state index contributed by atoms with van der Waals surface area (Å²) in [6.45, 7) is 3.63. The fourth-order valence-electron chi connectivity index (χ4n) is 3.61. The molecule has 174 valence electrons. The second-order valence-electron chi connectivity index (χ2n) is 7.78. The van der Waals surface area contributed by atoms with Gasteiger partial charge in [-0.2, -0.15) is 0 Å². The number of morpholine rings is 1. The van der Waals surface area contributed by atoms with E-state index in [-0.39, 0.29) is 24.4 Å². The van der Waals surface area contributed by atoms with Gasteiger partial charge in [-0.15, -0.1) is 0 Å². The molecule has 32 heavy (non-hydrogen) atoms. The van der Waals surface area contributed by atoms with Crippen LogP contribution in [0.1, 0.15) is 10.4 Å². The van der Waals surface area contributed by atoms with Gasteiger partial charge in [-0.3, -0.25) is 9.69 Å². The Morgan fingerprint density at radius 2 is 2.00 bits per heavy atom. The van der Waals surface area contributed by atoms with Crippen molar-refractivity contribution in [2.24, 2.45) is 0 Å². The highest BCUT2D eigenvalue weighted by Gasteiger charge is 2.26. The molecular formula is C24H31FN2O5. The Kier molecular flexibility index (Phi) is 9.43. The predicted octanol–water partition coefficient (Wildman–Crippen LogP) is 2.06. The van der Waals surface area contributed by atoms with Crippen molar-refractivity contribution in [3.63, 3.8) is 0 Å². The van der Waals surface area contributed by atoms with Crippen LogP contribution in [0.15, 0.2) is 54.6 Å². The SMILES string of the molecule is COCCN(C[C@H]1CN(C[C@@H](O)COc2ccccc2)CCO1)C(=O)c1ccc(F)cc1. The van der Waals surface area contributed by atoms with Crippen LogP contribution in [-0.2, 0) is 9.47 Å². The number of aliphatic hydroxyl groups is 1. The first kappa shape index (κ1) is 24.1. The molecule has 0 aliphatic carbocycles. The van der Waals surface area contributed by atoms with Crippen molar-refractivity contribution in [3.05, 3.63) is 66.0 Å². The van der Waals surface area contributed by atoms with E-state index in [2.05, 4.69) is 4.90 Å². The van der Waals surface area contributed by atoms with Crippen LogP contribution < -0.4 is 4.74 Å². The molecule has 1 saturated heterocycles. The van der Waals surface area contributed by atoms with Crippen LogP contribution in [0.25, 0.3) is 0 Å². The highest BCUT2D eigenvalue weighted by molar-refractivity contribution is 5.94. The minimum Gasteiger partial charge on any atom is -0.491 e. The molecule has 1 N–H and O–H groups in total. The molecule has 0 spiro atoms. The molecule has 0 saturated carbocycles. The average Bonchev–Trinajstić information content (AvgIpc) is 2.81. The molecule has 1 heterocycles. The molecule has 3 rings (SSSR count). The third-order valence-electron chi connectivity index (χ3n) is 5.25. The van der Waals surface area contributed by atoms with E-state index >= 15 is 0 Å². The van der Waals surface area contributed by atoms with Crippen LogP contribution in [0.4, 0.5) is 4.39 Å². The van der Waals surface area contributed by atoms with Crippen LogP contribution in [0, 0.1) is 5.82 Å². The minimum absolute atomic E-state index is 0.195. The maximum Gasteiger partial charge on any atom is 0.254 e. The van der Waals surface area contributed by atoms with E-state index in [0.29, 0.717) is 51.5 Å². The molecule has 2 aromatic carbocycles. The molecule has 0 bridgehead atoms. The third-order valence-corrected chi connectivity index (χ3v) is 5.25. The molecule has 0 aromatic heterocycles. The lowest BCUT2D eigenvalue weighted by atomic mass is 10.1. The van der Waals surface area contributed by atoms with Crippen LogP contribution in [0.5, 0.6) is 5.75 Å². The number of para-hydroxylation sites is 1. The normalized spacial score (nSPS) is 17.7. The zero-order valence-corrected chi connectivity index (χ0v) is 18.4. The molecule has 1 aliphatic heterocycles. The van der Waals surface area contributed by atoms with E-state index in [1.54, 1.807) is 12.0 Å². The summed E-state index contributed by atoms with van der Waals surface area (Å²) >= 11 is 0. The summed E-state index contributed by atoms with van der Waals surface area (Å²) in [6, 6.07) is 14.9. The van der Waals surface area contributed by atoms with E-state index in [9.17, 15) is 14.3 Å². The number of carbonyl (C=O) groups is 1. The van der Waals surface area contributed by atoms with E-state index < -0.39 is 6.10 Å². The monoisotopic (exact) mass is 446 g/mol. The van der Waals surface area contributed by atoms with Gasteiger partial charge in [0, 0.05) is 45.4 Å². The Labute approximate surface area is 188 Å². The van der Waals surface area contributed by atoms with Gasteiger partial charge in [0.05, 0.1) is 19.3 Å². The van der Waals surface area contributed by atoms with Gasteiger partial charge >= 0.3 is 0 Å². The highest BCUT2D eigenvalue weighted by Crippen LogP contribution is 2.13. The van der Waals surface area contributed by atoms with Crippen LogP contribution in [0.2, 0.25) is 0 Å². The van der Waals surface area contributed by atoms with Crippen molar-refractivity contribution in [3.8, 4) is 5.75 Å². The van der Waals surface area contributed by atoms with Crippen molar-refractivity contribution >= 4 is 5.91 Å². The molecule has 2 atom stereocenters. The summed E-state index contributed by atoms with van der Waals surface area (Å²) < 4.78 is 29.9. The number of ether oxygens (including phenoxy) is 3. The number of amides is 1. The lowest BCUT2D eigenvalue weighted by Gasteiger charge is -2.36. The summed E-state index contributed by atoms with van der Waals surface area (Å²) in [5, 5.41) is 10.4. The second-order valence-corrected chi connectivity index (χ2v) is 7.78. The predicted molar refractivity (Wildman–Crippen MR) is 118 cm³/mol. The minimum atomic E-state index is -0.639. The van der Waals surface area contributed by atoms with Crippen molar-refractivity contribution in [1.82, 2.24) is 9.80 Å². The summed E-state index contributed by atoms with van der Waals surface area (Å²) in [6.07, 6.45) is -0.841. The van der Waals surface area contributed by atoms with Gasteiger partial charge in [0.15, 0.2) is 0 Å². The standard InChI is InChI=1S/C24H31FN2O5/c1-30-13-12-27(24(29)19-7-9-20(25)10-8-19)17-23-16-26(11-14-31-23)15-21(28)18-32-22-5-3-2-4-6-22/h2-10,21,23,28H,11-18H2,1H3/t21-,23-/m1/s1. The highest BCUT2D eigenvalue weighted by atomic mass is 19.1. The van der Waals surface area contributed by atoms with E-state index in [4.69, 9.17) is 14.2 Å². The number of nitrogens with zero attached hydrogens (tertiary/aromatic N) is 2. The zero-order valence-electron chi connectivity index (χ0n) is 18.4. The maximum atomic E-state index is 13.2. The number of benzene rings is 2. The molecule has 2 aromatic rings. The van der Waals surface area contributed by atoms with Crippen molar-refractivity contribution in [2.75, 3.05) is 59.7 Å². The molecule has 1 amide bonds. The summed E-state index contributed by atoms with van der Waals surface area (Å²) in [4.78, 5) is 16.7. The van der Waals surface area contributed by atoms with Gasteiger partial charge < -0.3 is 24.2 Å². The molecule has 1 aliphatic rings. The van der Waals surface area contributed by atoms with E-state index in [1.807, 2.05) is 30.3 Å². The summed E-state index contributed by atoms with van der Waals surface area (Å²) in [5.74, 6) is 0.143. The first-order valence-electron chi connectivity index (χ1n) is 10.8. The molecule has 0 radical (unpaired) electrons. The van der Waals surface area contributed by atoms with E-state index in [0.717, 1.165) is 5.75 Å². The zero-order chi connectivity index (χ0) is 22.8. The number of methoxy groups -OCH3 is 1. The van der Waals surface area contributed by atoms with Gasteiger partial charge in [-0.1, -0.05) is 18.2 Å². The van der Waals surface area contributed by atoms with Crippen molar-refractivity contribution in [2.45, 2.75) is 12.2 Å². The molecule has 7 nitrogen and oxygen atoms in total. The average molecular weight is 447 g/mol. The Morgan fingerprint density at radius 1 is 1.25 bits per heavy atom. The third kappa shape index (κ3) is 7.56. The lowest BCUT2D eigenvalue weighted by molar-refractivity contribution is -0.0546. The molecule has 8 heteroatoms. The quantitative estimate of drug-likeness (QED) is 0.570. The fraction of sp³-hybridized carbons (Fsp3) is 0.458. The second kappa shape index (κ2) is 12.5. The summed E-state index contributed by atoms with van der Waals surface area (Å²) in [5.41, 5.74) is 0.420. The number of rotatable bonds is 11. The first-order chi connectivity index (χ1) is 15.5. The molecule has 1 fully saturated rings. The Hall–Kier alpha value is -2.52. The number of hydrogen-bond acceptors (Lipinski definition) is 6. The molecular weight excluding hydrogens is 415 g/mol. The first-order valence-corrected chi connectivity index (χ1v) is 10.8. The van der Waals surface area contributed by atoms with Gasteiger partial charge in [-0.25, -0.2) is 4.39 Å². The van der Waals surface area contributed by atoms with Crippen LogP contribution in [-0.4, -0.2) is 92.7 Å². The van der Waals surface area contributed by atoms with Gasteiger partial charge in [0.25, 0.3) is 5.91 Å². The number of aliphatic hydroxyl groups excluding tert-OH is 1. The van der Waals surface area contributed by atoms with Crippen LogP contribution in [0.3, 0.4) is 0 Å². The Morgan fingerprint density at radius 3 is 2.72 bits per heavy atom. The van der Waals surface area contributed by atoms with E-state index in [1.165, 1.54) is 24.3 Å². The smallest absolute Gasteiger partial charge is 0.254 e. The van der Waals surface area contributed by atoms with Gasteiger partial charge in [0.2, 0.25) is 0 Å².